The molecule has 0 aliphatic carbocycles. The molecule has 0 radical (unpaired) electrons. The van der Waals surface area contributed by atoms with E-state index in [1.165, 1.54) is 11.1 Å². The van der Waals surface area contributed by atoms with Crippen molar-refractivity contribution in [3.8, 4) is 11.3 Å². The predicted molar refractivity (Wildman–Crippen MR) is 102 cm³/mol. The summed E-state index contributed by atoms with van der Waals surface area (Å²) in [6.07, 6.45) is 3.10. The van der Waals surface area contributed by atoms with Crippen molar-refractivity contribution < 1.29 is 4.79 Å². The fraction of sp³-hybridized carbons (Fsp3) is 0.300. The first-order chi connectivity index (χ1) is 12.0. The number of nitrogens with two attached hydrogens (primary N) is 1. The van der Waals surface area contributed by atoms with E-state index in [9.17, 15) is 4.79 Å². The zero-order valence-electron chi connectivity index (χ0n) is 15.0. The van der Waals surface area contributed by atoms with Gasteiger partial charge < -0.3 is 15.5 Å². The number of fused-ring (bicyclic) bond motifs is 1. The third kappa shape index (κ3) is 3.42. The highest BCUT2D eigenvalue weighted by atomic mass is 16.1. The van der Waals surface area contributed by atoms with E-state index in [0.29, 0.717) is 13.0 Å². The van der Waals surface area contributed by atoms with Gasteiger partial charge in [-0.3, -0.25) is 4.79 Å². The minimum Gasteiger partial charge on any atom is -0.330 e. The second-order valence-corrected chi connectivity index (χ2v) is 6.31. The van der Waals surface area contributed by atoms with E-state index >= 15 is 0 Å². The Morgan fingerprint density at radius 2 is 2.04 bits per heavy atom. The van der Waals surface area contributed by atoms with Crippen LogP contribution in [0.4, 0.5) is 5.69 Å². The number of imidazole rings is 1. The van der Waals surface area contributed by atoms with Crippen LogP contribution in [-0.2, 0) is 11.2 Å². The number of anilines is 1. The molecule has 0 saturated carbocycles. The van der Waals surface area contributed by atoms with Crippen molar-refractivity contribution in [3.63, 3.8) is 0 Å². The van der Waals surface area contributed by atoms with Gasteiger partial charge in [-0.15, -0.1) is 0 Å². The van der Waals surface area contributed by atoms with Crippen molar-refractivity contribution in [1.29, 1.82) is 0 Å². The SMILES string of the molecule is CCc1c(-c2cc(C)ccc2C)nc2ccc(NC(=O)CCN)cn12. The normalized spacial score (nSPS) is 11.0. The summed E-state index contributed by atoms with van der Waals surface area (Å²) >= 11 is 0. The molecule has 0 aliphatic rings. The Labute approximate surface area is 147 Å². The summed E-state index contributed by atoms with van der Waals surface area (Å²) in [5.41, 5.74) is 12.8. The number of aromatic nitrogens is 2. The lowest BCUT2D eigenvalue weighted by Crippen LogP contribution is -2.16. The number of aryl methyl sites for hydroxylation is 3. The average Bonchev–Trinajstić information content (AvgIpc) is 2.94. The number of hydrogen-bond acceptors (Lipinski definition) is 3. The molecule has 3 aromatic rings. The van der Waals surface area contributed by atoms with Crippen molar-refractivity contribution in [3.05, 3.63) is 53.3 Å². The third-order valence-electron chi connectivity index (χ3n) is 4.36. The van der Waals surface area contributed by atoms with E-state index < -0.39 is 0 Å². The number of carbonyl (C=O) groups excluding carboxylic acids is 1. The van der Waals surface area contributed by atoms with Crippen LogP contribution in [0.5, 0.6) is 0 Å². The maximum absolute atomic E-state index is 11.8. The number of amides is 1. The Balaban J connectivity index is 2.09. The zero-order valence-corrected chi connectivity index (χ0v) is 15.0. The van der Waals surface area contributed by atoms with Crippen LogP contribution in [0, 0.1) is 13.8 Å². The molecule has 1 amide bonds. The quantitative estimate of drug-likeness (QED) is 0.749. The summed E-state index contributed by atoms with van der Waals surface area (Å²) in [5.74, 6) is -0.0743. The van der Waals surface area contributed by atoms with E-state index in [0.717, 1.165) is 34.7 Å². The monoisotopic (exact) mass is 336 g/mol. The molecule has 3 rings (SSSR count). The Morgan fingerprint density at radius 1 is 1.24 bits per heavy atom. The van der Waals surface area contributed by atoms with E-state index in [2.05, 4.69) is 48.7 Å². The topological polar surface area (TPSA) is 72.4 Å². The van der Waals surface area contributed by atoms with Crippen LogP contribution in [0.25, 0.3) is 16.9 Å². The summed E-state index contributed by atoms with van der Waals surface area (Å²) in [7, 11) is 0. The highest BCUT2D eigenvalue weighted by Crippen LogP contribution is 2.29. The zero-order chi connectivity index (χ0) is 18.0. The molecule has 25 heavy (non-hydrogen) atoms. The van der Waals surface area contributed by atoms with Crippen LogP contribution in [0.3, 0.4) is 0 Å². The molecule has 2 aromatic heterocycles. The van der Waals surface area contributed by atoms with Crippen LogP contribution in [0.15, 0.2) is 36.5 Å². The van der Waals surface area contributed by atoms with Gasteiger partial charge in [0, 0.05) is 24.7 Å². The van der Waals surface area contributed by atoms with E-state index in [-0.39, 0.29) is 5.91 Å². The fourth-order valence-corrected chi connectivity index (χ4v) is 3.07. The van der Waals surface area contributed by atoms with Crippen molar-refractivity contribution in [1.82, 2.24) is 9.38 Å². The molecule has 0 spiro atoms. The van der Waals surface area contributed by atoms with Crippen molar-refractivity contribution in [2.45, 2.75) is 33.6 Å². The van der Waals surface area contributed by atoms with Crippen molar-refractivity contribution >= 4 is 17.2 Å². The molecule has 1 aromatic carbocycles. The standard InChI is InChI=1S/C20H24N4O/c1-4-17-20(16-11-13(2)5-6-14(16)3)23-18-8-7-15(12-24(17)18)22-19(25)9-10-21/h5-8,11-12H,4,9-10,21H2,1-3H3,(H,22,25). The van der Waals surface area contributed by atoms with Gasteiger partial charge >= 0.3 is 0 Å². The Kier molecular flexibility index (Phi) is 4.86. The highest BCUT2D eigenvalue weighted by molar-refractivity contribution is 5.90. The summed E-state index contributed by atoms with van der Waals surface area (Å²) in [6.45, 7) is 6.67. The Morgan fingerprint density at radius 3 is 2.76 bits per heavy atom. The van der Waals surface area contributed by atoms with Crippen LogP contribution in [0.2, 0.25) is 0 Å². The number of rotatable bonds is 5. The second-order valence-electron chi connectivity index (χ2n) is 6.31. The van der Waals surface area contributed by atoms with Gasteiger partial charge in [0.2, 0.25) is 5.91 Å². The first-order valence-electron chi connectivity index (χ1n) is 8.62. The molecular formula is C20H24N4O. The largest absolute Gasteiger partial charge is 0.330 e. The average molecular weight is 336 g/mol. The minimum atomic E-state index is -0.0743. The van der Waals surface area contributed by atoms with Crippen LogP contribution < -0.4 is 11.1 Å². The molecule has 0 atom stereocenters. The van der Waals surface area contributed by atoms with Crippen molar-refractivity contribution in [2.75, 3.05) is 11.9 Å². The maximum atomic E-state index is 11.8. The Hall–Kier alpha value is -2.66. The summed E-state index contributed by atoms with van der Waals surface area (Å²) in [5, 5.41) is 2.89. The number of nitrogens with one attached hydrogen (secondary N) is 1. The number of hydrogen-bond donors (Lipinski definition) is 2. The Bertz CT molecular complexity index is 927. The second kappa shape index (κ2) is 7.07. The number of nitrogens with zero attached hydrogens (tertiary/aromatic N) is 2. The third-order valence-corrected chi connectivity index (χ3v) is 4.36. The van der Waals surface area contributed by atoms with Gasteiger partial charge in [-0.25, -0.2) is 4.98 Å². The summed E-state index contributed by atoms with van der Waals surface area (Å²) < 4.78 is 2.06. The lowest BCUT2D eigenvalue weighted by atomic mass is 10.0. The van der Waals surface area contributed by atoms with Crippen LogP contribution >= 0.6 is 0 Å². The molecule has 0 fully saturated rings. The molecule has 2 heterocycles. The molecular weight excluding hydrogens is 312 g/mol. The first kappa shape index (κ1) is 17.2. The number of carbonyl (C=O) groups is 1. The molecule has 3 N–H and O–H groups in total. The highest BCUT2D eigenvalue weighted by Gasteiger charge is 2.15. The summed E-state index contributed by atoms with van der Waals surface area (Å²) in [6, 6.07) is 10.2. The van der Waals surface area contributed by atoms with Crippen LogP contribution in [0.1, 0.15) is 30.2 Å². The molecule has 0 unspecified atom stereocenters. The lowest BCUT2D eigenvalue weighted by Gasteiger charge is -2.08. The molecule has 5 heteroatoms. The molecule has 130 valence electrons. The van der Waals surface area contributed by atoms with Gasteiger partial charge in [0.05, 0.1) is 17.1 Å². The van der Waals surface area contributed by atoms with Gasteiger partial charge in [-0.2, -0.15) is 0 Å². The minimum absolute atomic E-state index is 0.0743. The van der Waals surface area contributed by atoms with Gasteiger partial charge in [-0.1, -0.05) is 24.6 Å². The lowest BCUT2D eigenvalue weighted by molar-refractivity contribution is -0.116. The molecule has 0 bridgehead atoms. The molecule has 5 nitrogen and oxygen atoms in total. The van der Waals surface area contributed by atoms with E-state index in [4.69, 9.17) is 10.7 Å². The fourth-order valence-electron chi connectivity index (χ4n) is 3.07. The molecule has 0 aliphatic heterocycles. The van der Waals surface area contributed by atoms with Crippen LogP contribution in [-0.4, -0.2) is 21.8 Å². The van der Waals surface area contributed by atoms with E-state index in [1.54, 1.807) is 0 Å². The number of pyridine rings is 1. The van der Waals surface area contributed by atoms with Gasteiger partial charge in [0.25, 0.3) is 0 Å². The number of benzene rings is 1. The van der Waals surface area contributed by atoms with Gasteiger partial charge in [-0.05, 0) is 44.0 Å². The smallest absolute Gasteiger partial charge is 0.225 e. The van der Waals surface area contributed by atoms with Gasteiger partial charge in [0.15, 0.2) is 0 Å². The molecule has 0 saturated heterocycles. The van der Waals surface area contributed by atoms with Crippen molar-refractivity contribution in [2.24, 2.45) is 5.73 Å². The predicted octanol–water partition coefficient (Wildman–Crippen LogP) is 3.47. The van der Waals surface area contributed by atoms with E-state index in [1.807, 2.05) is 18.3 Å². The maximum Gasteiger partial charge on any atom is 0.225 e. The van der Waals surface area contributed by atoms with Gasteiger partial charge in [0.1, 0.15) is 5.65 Å². The first-order valence-corrected chi connectivity index (χ1v) is 8.62. The summed E-state index contributed by atoms with van der Waals surface area (Å²) in [4.78, 5) is 16.6.